The Morgan fingerprint density at radius 3 is 2.38 bits per heavy atom. The Balaban J connectivity index is 2.21. The van der Waals surface area contributed by atoms with Crippen LogP contribution < -0.4 is 5.56 Å². The highest BCUT2D eigenvalue weighted by molar-refractivity contribution is 6.34. The molecule has 0 saturated carbocycles. The van der Waals surface area contributed by atoms with Gasteiger partial charge in [0, 0.05) is 29.3 Å². The number of nitrogens with one attached hydrogen (secondary N) is 1. The van der Waals surface area contributed by atoms with E-state index >= 15 is 0 Å². The SMILES string of the molecule is Cc1ccc(C(=O)N(C)Cc2cc(Cl)cc(Cl)c2)c(=O)[nH]1. The molecule has 0 unspecified atom stereocenters. The van der Waals surface area contributed by atoms with Crippen LogP contribution in [0, 0.1) is 6.92 Å². The predicted octanol–water partition coefficient (Wildman–Crippen LogP) is 3.26. The van der Waals surface area contributed by atoms with Crippen LogP contribution in [0.3, 0.4) is 0 Å². The lowest BCUT2D eigenvalue weighted by Crippen LogP contribution is -2.31. The molecule has 0 aliphatic carbocycles. The maximum absolute atomic E-state index is 12.3. The third-order valence-electron chi connectivity index (χ3n) is 2.97. The highest BCUT2D eigenvalue weighted by atomic mass is 35.5. The monoisotopic (exact) mass is 324 g/mol. The Bertz CT molecular complexity index is 720. The van der Waals surface area contributed by atoms with Gasteiger partial charge >= 0.3 is 0 Å². The Morgan fingerprint density at radius 2 is 1.81 bits per heavy atom. The minimum Gasteiger partial charge on any atom is -0.337 e. The van der Waals surface area contributed by atoms with Crippen molar-refractivity contribution >= 4 is 29.1 Å². The molecule has 0 atom stereocenters. The van der Waals surface area contributed by atoms with E-state index in [1.807, 2.05) is 0 Å². The summed E-state index contributed by atoms with van der Waals surface area (Å²) in [4.78, 5) is 28.1. The summed E-state index contributed by atoms with van der Waals surface area (Å²) in [5.41, 5.74) is 1.22. The molecule has 0 aliphatic heterocycles. The van der Waals surface area contributed by atoms with Gasteiger partial charge < -0.3 is 9.88 Å². The standard InChI is InChI=1S/C15H14Cl2N2O2/c1-9-3-4-13(14(20)18-9)15(21)19(2)8-10-5-11(16)7-12(17)6-10/h3-7H,8H2,1-2H3,(H,18,20). The van der Waals surface area contributed by atoms with E-state index in [-0.39, 0.29) is 11.5 Å². The first kappa shape index (κ1) is 15.6. The third-order valence-corrected chi connectivity index (χ3v) is 3.41. The first-order chi connectivity index (χ1) is 9.86. The average Bonchev–Trinajstić information content (AvgIpc) is 2.36. The number of H-pyrrole nitrogens is 1. The Kier molecular flexibility index (Phi) is 4.70. The second-order valence-electron chi connectivity index (χ2n) is 4.82. The van der Waals surface area contributed by atoms with Crippen molar-refractivity contribution in [2.24, 2.45) is 0 Å². The molecule has 4 nitrogen and oxygen atoms in total. The molecule has 1 heterocycles. The van der Waals surface area contributed by atoms with Gasteiger partial charge in [-0.15, -0.1) is 0 Å². The highest BCUT2D eigenvalue weighted by Crippen LogP contribution is 2.20. The van der Waals surface area contributed by atoms with Crippen LogP contribution in [0.25, 0.3) is 0 Å². The van der Waals surface area contributed by atoms with Crippen LogP contribution in [0.5, 0.6) is 0 Å². The van der Waals surface area contributed by atoms with Crippen molar-refractivity contribution in [2.75, 3.05) is 7.05 Å². The molecule has 0 aliphatic rings. The molecular formula is C15H14Cl2N2O2. The van der Waals surface area contributed by atoms with Gasteiger partial charge in [0.2, 0.25) is 0 Å². The van der Waals surface area contributed by atoms with Gasteiger partial charge in [-0.3, -0.25) is 9.59 Å². The van der Waals surface area contributed by atoms with Crippen LogP contribution in [0.15, 0.2) is 35.1 Å². The molecule has 0 fully saturated rings. The van der Waals surface area contributed by atoms with E-state index in [0.29, 0.717) is 22.3 Å². The van der Waals surface area contributed by atoms with E-state index in [0.717, 1.165) is 5.56 Å². The molecule has 0 saturated heterocycles. The number of halogens is 2. The van der Waals surface area contributed by atoms with Crippen molar-refractivity contribution in [2.45, 2.75) is 13.5 Å². The number of aromatic nitrogens is 1. The fourth-order valence-corrected chi connectivity index (χ4v) is 2.57. The van der Waals surface area contributed by atoms with E-state index in [1.165, 1.54) is 11.0 Å². The molecule has 0 radical (unpaired) electrons. The Hall–Kier alpha value is -1.78. The summed E-state index contributed by atoms with van der Waals surface area (Å²) in [5, 5.41) is 1.01. The molecule has 21 heavy (non-hydrogen) atoms. The van der Waals surface area contributed by atoms with E-state index in [4.69, 9.17) is 23.2 Å². The first-order valence-corrected chi connectivity index (χ1v) is 7.03. The lowest BCUT2D eigenvalue weighted by Gasteiger charge is -2.17. The minimum absolute atomic E-state index is 0.108. The van der Waals surface area contributed by atoms with E-state index in [9.17, 15) is 9.59 Å². The van der Waals surface area contributed by atoms with Gasteiger partial charge in [-0.25, -0.2) is 0 Å². The molecule has 2 aromatic rings. The molecule has 1 aromatic carbocycles. The molecular weight excluding hydrogens is 311 g/mol. The van der Waals surface area contributed by atoms with Crippen molar-refractivity contribution in [3.05, 3.63) is 67.6 Å². The van der Waals surface area contributed by atoms with E-state index in [1.54, 1.807) is 38.2 Å². The highest BCUT2D eigenvalue weighted by Gasteiger charge is 2.16. The number of carbonyl (C=O) groups excluding carboxylic acids is 1. The van der Waals surface area contributed by atoms with Gasteiger partial charge in [0.25, 0.3) is 11.5 Å². The van der Waals surface area contributed by atoms with Gasteiger partial charge in [0.05, 0.1) is 0 Å². The van der Waals surface area contributed by atoms with Crippen molar-refractivity contribution in [1.29, 1.82) is 0 Å². The van der Waals surface area contributed by atoms with Crippen molar-refractivity contribution in [3.63, 3.8) is 0 Å². The molecule has 1 aromatic heterocycles. The largest absolute Gasteiger partial charge is 0.337 e. The van der Waals surface area contributed by atoms with Crippen LogP contribution in [0.4, 0.5) is 0 Å². The number of carbonyl (C=O) groups is 1. The maximum Gasteiger partial charge on any atom is 0.260 e. The third kappa shape index (κ3) is 3.86. The Morgan fingerprint density at radius 1 is 1.19 bits per heavy atom. The van der Waals surface area contributed by atoms with Crippen LogP contribution in [0.2, 0.25) is 10.0 Å². The molecule has 0 spiro atoms. The number of pyridine rings is 1. The van der Waals surface area contributed by atoms with Crippen molar-refractivity contribution in [1.82, 2.24) is 9.88 Å². The fraction of sp³-hybridized carbons (Fsp3) is 0.200. The molecule has 2 rings (SSSR count). The number of amides is 1. The van der Waals surface area contributed by atoms with E-state index in [2.05, 4.69) is 4.98 Å². The topological polar surface area (TPSA) is 53.2 Å². The van der Waals surface area contributed by atoms with Gasteiger partial charge in [-0.2, -0.15) is 0 Å². The summed E-state index contributed by atoms with van der Waals surface area (Å²) >= 11 is 11.9. The number of aryl methyl sites for hydroxylation is 1. The number of hydrogen-bond acceptors (Lipinski definition) is 2. The number of nitrogens with zero attached hydrogens (tertiary/aromatic N) is 1. The zero-order valence-electron chi connectivity index (χ0n) is 11.6. The average molecular weight is 325 g/mol. The fourth-order valence-electron chi connectivity index (χ4n) is 1.99. The molecule has 110 valence electrons. The van der Waals surface area contributed by atoms with Crippen LogP contribution in [0.1, 0.15) is 21.6 Å². The van der Waals surface area contributed by atoms with Gasteiger partial charge in [0.15, 0.2) is 0 Å². The van der Waals surface area contributed by atoms with E-state index < -0.39 is 5.56 Å². The second-order valence-corrected chi connectivity index (χ2v) is 5.70. The zero-order chi connectivity index (χ0) is 15.6. The van der Waals surface area contributed by atoms with Gasteiger partial charge in [-0.1, -0.05) is 23.2 Å². The quantitative estimate of drug-likeness (QED) is 0.942. The van der Waals surface area contributed by atoms with Gasteiger partial charge in [0.1, 0.15) is 5.56 Å². The number of aromatic amines is 1. The first-order valence-electron chi connectivity index (χ1n) is 6.27. The molecule has 1 N–H and O–H groups in total. The Labute approximate surface area is 132 Å². The molecule has 0 bridgehead atoms. The van der Waals surface area contributed by atoms with Gasteiger partial charge in [-0.05, 0) is 42.8 Å². The molecule has 6 heteroatoms. The second kappa shape index (κ2) is 6.33. The van der Waals surface area contributed by atoms with Crippen LogP contribution in [-0.2, 0) is 6.54 Å². The normalized spacial score (nSPS) is 10.5. The number of benzene rings is 1. The van der Waals surface area contributed by atoms with Crippen molar-refractivity contribution < 1.29 is 4.79 Å². The van der Waals surface area contributed by atoms with Crippen LogP contribution >= 0.6 is 23.2 Å². The van der Waals surface area contributed by atoms with Crippen LogP contribution in [-0.4, -0.2) is 22.8 Å². The number of hydrogen-bond donors (Lipinski definition) is 1. The summed E-state index contributed by atoms with van der Waals surface area (Å²) < 4.78 is 0. The summed E-state index contributed by atoms with van der Waals surface area (Å²) in [6, 6.07) is 8.31. The summed E-state index contributed by atoms with van der Waals surface area (Å²) in [6.45, 7) is 2.07. The lowest BCUT2D eigenvalue weighted by molar-refractivity contribution is 0.0783. The number of rotatable bonds is 3. The summed E-state index contributed by atoms with van der Waals surface area (Å²) in [7, 11) is 1.62. The predicted molar refractivity (Wildman–Crippen MR) is 84.1 cm³/mol. The minimum atomic E-state index is -0.393. The maximum atomic E-state index is 12.3. The molecule has 1 amide bonds. The summed E-state index contributed by atoms with van der Waals surface area (Å²) in [5.74, 6) is -0.354. The van der Waals surface area contributed by atoms with Crippen molar-refractivity contribution in [3.8, 4) is 0 Å². The lowest BCUT2D eigenvalue weighted by atomic mass is 10.2. The zero-order valence-corrected chi connectivity index (χ0v) is 13.1. The summed E-state index contributed by atoms with van der Waals surface area (Å²) in [6.07, 6.45) is 0. The smallest absolute Gasteiger partial charge is 0.260 e.